The van der Waals surface area contributed by atoms with Crippen LogP contribution in [0.1, 0.15) is 303 Å². The second kappa shape index (κ2) is 53.7. The van der Waals surface area contributed by atoms with Crippen molar-refractivity contribution in [2.75, 3.05) is 26.4 Å². The van der Waals surface area contributed by atoms with Crippen molar-refractivity contribution in [3.63, 3.8) is 0 Å². The SMILES string of the molecule is CCCCCCCCCCCCCCCCC(=O)OCC(COP(=O)(O)OC1C(OC2OC(CO)C(O)C(O)C2O)C(O)C(O)C(O)C1OC1OC(COC(=O)CCCCCCCCCCCCCCC)C(O)C(O)C1O)OC(=O)CCCCCCCCCCCCCCCC. The quantitative estimate of drug-likeness (QED) is 0.0117. The third kappa shape index (κ3) is 36.7. The van der Waals surface area contributed by atoms with Crippen LogP contribution in [0.15, 0.2) is 0 Å². The molecule has 3 fully saturated rings. The molecule has 25 heteroatoms. The number of esters is 3. The molecule has 3 rings (SSSR count). The van der Waals surface area contributed by atoms with Gasteiger partial charge in [-0.2, -0.15) is 0 Å². The second-order valence-electron chi connectivity index (χ2n) is 27.4. The normalized spacial score (nSPS) is 27.9. The molecule has 1 aliphatic carbocycles. The highest BCUT2D eigenvalue weighted by atomic mass is 31.2. The first-order valence-electron chi connectivity index (χ1n) is 37.8. The van der Waals surface area contributed by atoms with Crippen LogP contribution < -0.4 is 0 Å². The molecule has 11 N–H and O–H groups in total. The first kappa shape index (κ1) is 88.2. The standard InChI is InChI=1S/C71H133O24P/c1-4-7-10-13-16-19-22-25-28-31-33-36-39-42-45-55(73)87-49-52(90-57(75)47-44-41-38-35-32-29-26-23-20-17-14-11-8-5-2)50-89-96(85,86)95-69-67(93-70-65(83)60(78)58(76)53(48-72)91-70)63(81)62(80)64(82)68(69)94-71-66(84)61(79)59(77)54(92-71)51-88-56(74)46-43-40-37-34-30-27-24-21-18-15-12-9-6-3/h52-54,58-72,76-84H,4-51H2,1-3H3,(H,85,86). The summed E-state index contributed by atoms with van der Waals surface area (Å²) in [6, 6.07) is 0. The molecule has 0 radical (unpaired) electrons. The molecule has 2 saturated heterocycles. The molecular formula is C71H133O24P. The van der Waals surface area contributed by atoms with E-state index in [2.05, 4.69) is 20.8 Å². The van der Waals surface area contributed by atoms with E-state index in [0.717, 1.165) is 89.9 Å². The van der Waals surface area contributed by atoms with Crippen molar-refractivity contribution < 1.29 is 117 Å². The average molecular weight is 1400 g/mol. The van der Waals surface area contributed by atoms with Crippen molar-refractivity contribution in [2.24, 2.45) is 0 Å². The van der Waals surface area contributed by atoms with E-state index in [4.69, 9.17) is 42.2 Å². The van der Waals surface area contributed by atoms with E-state index >= 15 is 0 Å². The van der Waals surface area contributed by atoms with Gasteiger partial charge in [0, 0.05) is 19.3 Å². The Morgan fingerprint density at radius 3 is 1.02 bits per heavy atom. The minimum absolute atomic E-state index is 0.0331. The fourth-order valence-corrected chi connectivity index (χ4v) is 13.7. The van der Waals surface area contributed by atoms with E-state index in [1.807, 2.05) is 0 Å². The summed E-state index contributed by atoms with van der Waals surface area (Å²) in [6.07, 6.45) is 10.2. The van der Waals surface area contributed by atoms with E-state index in [9.17, 15) is 74.9 Å². The summed E-state index contributed by atoms with van der Waals surface area (Å²) in [5.74, 6) is -1.97. The Kier molecular flexibility index (Phi) is 49.4. The third-order valence-corrected chi connectivity index (χ3v) is 19.9. The van der Waals surface area contributed by atoms with Crippen molar-refractivity contribution >= 4 is 25.7 Å². The molecule has 1 saturated carbocycles. The first-order valence-corrected chi connectivity index (χ1v) is 39.3. The highest BCUT2D eigenvalue weighted by Crippen LogP contribution is 2.49. The van der Waals surface area contributed by atoms with Crippen LogP contribution in [0.4, 0.5) is 0 Å². The van der Waals surface area contributed by atoms with Crippen LogP contribution >= 0.6 is 7.82 Å². The fraction of sp³-hybridized carbons (Fsp3) is 0.958. The number of phosphoric ester groups is 1. The molecule has 18 atom stereocenters. The number of hydrogen-bond acceptors (Lipinski definition) is 23. The van der Waals surface area contributed by atoms with E-state index < -0.39 is 156 Å². The summed E-state index contributed by atoms with van der Waals surface area (Å²) in [6.45, 7) is 3.46. The van der Waals surface area contributed by atoms with E-state index in [1.165, 1.54) is 154 Å². The summed E-state index contributed by atoms with van der Waals surface area (Å²) in [5, 5.41) is 110. The van der Waals surface area contributed by atoms with E-state index in [1.54, 1.807) is 0 Å². The summed E-state index contributed by atoms with van der Waals surface area (Å²) < 4.78 is 65.0. The molecule has 0 aromatic rings. The predicted molar refractivity (Wildman–Crippen MR) is 361 cm³/mol. The van der Waals surface area contributed by atoms with Crippen molar-refractivity contribution in [3.8, 4) is 0 Å². The molecule has 18 unspecified atom stereocenters. The average Bonchev–Trinajstić information content (AvgIpc) is 0.777. The maximum Gasteiger partial charge on any atom is 0.472 e. The summed E-state index contributed by atoms with van der Waals surface area (Å²) in [7, 11) is -5.69. The number of phosphoric acid groups is 1. The lowest BCUT2D eigenvalue weighted by molar-refractivity contribution is -0.360. The molecule has 2 heterocycles. The van der Waals surface area contributed by atoms with Crippen LogP contribution in [-0.4, -0.2) is 204 Å². The van der Waals surface area contributed by atoms with Crippen molar-refractivity contribution in [1.29, 1.82) is 0 Å². The van der Waals surface area contributed by atoms with Crippen LogP contribution in [0, 0.1) is 0 Å². The van der Waals surface area contributed by atoms with E-state index in [0.29, 0.717) is 19.3 Å². The van der Waals surface area contributed by atoms with Crippen molar-refractivity contribution in [2.45, 2.75) is 407 Å². The molecule has 3 aliphatic rings. The molecular weight excluding hydrogens is 1270 g/mol. The van der Waals surface area contributed by atoms with Crippen LogP contribution in [0.2, 0.25) is 0 Å². The lowest BCUT2D eigenvalue weighted by Gasteiger charge is -2.49. The Hall–Kier alpha value is -2.04. The van der Waals surface area contributed by atoms with Crippen LogP contribution in [0.3, 0.4) is 0 Å². The minimum Gasteiger partial charge on any atom is -0.463 e. The van der Waals surface area contributed by atoms with Gasteiger partial charge >= 0.3 is 25.7 Å². The third-order valence-electron chi connectivity index (χ3n) is 18.9. The largest absolute Gasteiger partial charge is 0.472 e. The number of ether oxygens (including phenoxy) is 7. The Bertz CT molecular complexity index is 1990. The lowest BCUT2D eigenvalue weighted by atomic mass is 9.84. The maximum atomic E-state index is 14.3. The highest BCUT2D eigenvalue weighted by Gasteiger charge is 2.58. The zero-order chi connectivity index (χ0) is 70.4. The van der Waals surface area contributed by atoms with Gasteiger partial charge in [0.15, 0.2) is 18.7 Å². The van der Waals surface area contributed by atoms with Crippen LogP contribution in [0.25, 0.3) is 0 Å². The van der Waals surface area contributed by atoms with Gasteiger partial charge in [-0.25, -0.2) is 4.57 Å². The van der Waals surface area contributed by atoms with Crippen molar-refractivity contribution in [1.82, 2.24) is 0 Å². The Morgan fingerprint density at radius 2 is 0.667 bits per heavy atom. The monoisotopic (exact) mass is 1400 g/mol. The van der Waals surface area contributed by atoms with E-state index in [-0.39, 0.29) is 19.3 Å². The minimum atomic E-state index is -5.69. The van der Waals surface area contributed by atoms with Gasteiger partial charge in [-0.15, -0.1) is 0 Å². The molecule has 0 spiro atoms. The number of rotatable bonds is 59. The van der Waals surface area contributed by atoms with Crippen LogP contribution in [0.5, 0.6) is 0 Å². The predicted octanol–water partition coefficient (Wildman–Crippen LogP) is 10.2. The molecule has 566 valence electrons. The number of aliphatic hydroxyl groups is 10. The molecule has 0 aromatic carbocycles. The lowest BCUT2D eigenvalue weighted by Crippen LogP contribution is -2.69. The second-order valence-corrected chi connectivity index (χ2v) is 28.8. The molecule has 0 aromatic heterocycles. The van der Waals surface area contributed by atoms with Gasteiger partial charge in [-0.3, -0.25) is 23.4 Å². The van der Waals surface area contributed by atoms with Crippen molar-refractivity contribution in [3.05, 3.63) is 0 Å². The Balaban J connectivity index is 1.74. The number of carbonyl (C=O) groups is 3. The Morgan fingerprint density at radius 1 is 0.365 bits per heavy atom. The van der Waals surface area contributed by atoms with Gasteiger partial charge in [0.25, 0.3) is 0 Å². The number of hydrogen-bond donors (Lipinski definition) is 11. The Labute approximate surface area is 574 Å². The summed E-state index contributed by atoms with van der Waals surface area (Å²) in [5.41, 5.74) is 0. The first-order chi connectivity index (χ1) is 46.3. The number of aliphatic hydroxyl groups excluding tert-OH is 10. The van der Waals surface area contributed by atoms with Gasteiger partial charge in [-0.1, -0.05) is 265 Å². The van der Waals surface area contributed by atoms with Gasteiger partial charge in [0.2, 0.25) is 0 Å². The smallest absolute Gasteiger partial charge is 0.463 e. The highest BCUT2D eigenvalue weighted by molar-refractivity contribution is 7.47. The number of unbranched alkanes of at least 4 members (excludes halogenated alkanes) is 38. The summed E-state index contributed by atoms with van der Waals surface area (Å²) >= 11 is 0. The summed E-state index contributed by atoms with van der Waals surface area (Å²) in [4.78, 5) is 51.0. The van der Waals surface area contributed by atoms with Gasteiger partial charge < -0.3 is 89.1 Å². The fourth-order valence-electron chi connectivity index (χ4n) is 12.7. The van der Waals surface area contributed by atoms with Gasteiger partial charge in [-0.05, 0) is 19.3 Å². The molecule has 96 heavy (non-hydrogen) atoms. The zero-order valence-corrected chi connectivity index (χ0v) is 59.8. The maximum absolute atomic E-state index is 14.3. The van der Waals surface area contributed by atoms with Gasteiger partial charge in [0.05, 0.1) is 13.2 Å². The zero-order valence-electron chi connectivity index (χ0n) is 58.9. The molecule has 24 nitrogen and oxygen atoms in total. The molecule has 0 bridgehead atoms. The topological polar surface area (TPSA) is 374 Å². The molecule has 2 aliphatic heterocycles. The van der Waals surface area contributed by atoms with Gasteiger partial charge in [0.1, 0.15) is 98.7 Å². The van der Waals surface area contributed by atoms with Crippen LogP contribution in [-0.2, 0) is 61.2 Å². The number of carbonyl (C=O) groups excluding carboxylic acids is 3. The molecule has 0 amide bonds.